The Morgan fingerprint density at radius 2 is 1.97 bits per heavy atom. The molecule has 5 rings (SSSR count). The quantitative estimate of drug-likeness (QED) is 0.841. The predicted octanol–water partition coefficient (Wildman–Crippen LogP) is 3.01. The van der Waals surface area contributed by atoms with Crippen molar-refractivity contribution in [3.8, 4) is 5.75 Å². The number of ether oxygens (including phenoxy) is 1. The maximum absolute atomic E-state index is 12.8. The van der Waals surface area contributed by atoms with Crippen LogP contribution in [0.3, 0.4) is 0 Å². The molecule has 29 heavy (non-hydrogen) atoms. The second-order valence-electron chi connectivity index (χ2n) is 8.63. The largest absolute Gasteiger partial charge is 0.492 e. The summed E-state index contributed by atoms with van der Waals surface area (Å²) in [6, 6.07) is 12.8. The van der Waals surface area contributed by atoms with Crippen molar-refractivity contribution in [2.24, 2.45) is 0 Å². The number of benzene rings is 2. The van der Waals surface area contributed by atoms with E-state index in [2.05, 4.69) is 52.8 Å². The molecule has 0 aromatic heterocycles. The van der Waals surface area contributed by atoms with Crippen LogP contribution in [0.5, 0.6) is 5.75 Å². The Morgan fingerprint density at radius 1 is 1.10 bits per heavy atom. The highest BCUT2D eigenvalue weighted by molar-refractivity contribution is 6.06. The zero-order chi connectivity index (χ0) is 19.8. The molecule has 3 heterocycles. The maximum Gasteiger partial charge on any atom is 0.235 e. The first-order chi connectivity index (χ1) is 14.1. The minimum atomic E-state index is -0.342. The van der Waals surface area contributed by atoms with Crippen molar-refractivity contribution in [3.05, 3.63) is 58.7 Å². The third kappa shape index (κ3) is 3.43. The van der Waals surface area contributed by atoms with Gasteiger partial charge in [-0.2, -0.15) is 0 Å². The minimum absolute atomic E-state index is 0.178. The third-order valence-corrected chi connectivity index (χ3v) is 6.82. The van der Waals surface area contributed by atoms with E-state index in [1.165, 1.54) is 22.3 Å². The lowest BCUT2D eigenvalue weighted by Crippen LogP contribution is -2.47. The molecule has 2 aromatic carbocycles. The van der Waals surface area contributed by atoms with E-state index in [0.29, 0.717) is 6.61 Å². The molecule has 1 saturated heterocycles. The Bertz CT molecular complexity index is 932. The number of carbonyl (C=O) groups excluding carboxylic acids is 1. The van der Waals surface area contributed by atoms with Crippen LogP contribution in [0, 0.1) is 6.92 Å². The molecule has 2 aromatic rings. The summed E-state index contributed by atoms with van der Waals surface area (Å²) in [7, 11) is 0. The highest BCUT2D eigenvalue weighted by Gasteiger charge is 2.48. The Balaban J connectivity index is 1.17. The third-order valence-electron chi connectivity index (χ3n) is 6.82. The normalized spacial score (nSPS) is 20.2. The van der Waals surface area contributed by atoms with Crippen molar-refractivity contribution in [2.75, 3.05) is 38.1 Å². The Morgan fingerprint density at radius 3 is 2.83 bits per heavy atom. The molecule has 5 heteroatoms. The molecular weight excluding hydrogens is 362 g/mol. The smallest absolute Gasteiger partial charge is 0.235 e. The van der Waals surface area contributed by atoms with Crippen LogP contribution in [0.25, 0.3) is 0 Å². The van der Waals surface area contributed by atoms with Crippen LogP contribution < -0.4 is 15.4 Å². The Kier molecular flexibility index (Phi) is 4.80. The molecular formula is C24H29N3O2. The zero-order valence-electron chi connectivity index (χ0n) is 17.1. The van der Waals surface area contributed by atoms with E-state index < -0.39 is 0 Å². The Labute approximate surface area is 172 Å². The molecule has 5 nitrogen and oxygen atoms in total. The summed E-state index contributed by atoms with van der Waals surface area (Å²) in [4.78, 5) is 15.2. The summed E-state index contributed by atoms with van der Waals surface area (Å²) in [6.45, 7) is 7.55. The summed E-state index contributed by atoms with van der Waals surface area (Å²) >= 11 is 0. The second-order valence-corrected chi connectivity index (χ2v) is 8.63. The van der Waals surface area contributed by atoms with E-state index in [4.69, 9.17) is 4.74 Å². The first kappa shape index (κ1) is 18.6. The number of nitrogens with zero attached hydrogens (tertiary/aromatic N) is 1. The van der Waals surface area contributed by atoms with E-state index in [1.54, 1.807) is 0 Å². The molecule has 0 radical (unpaired) electrons. The van der Waals surface area contributed by atoms with Crippen LogP contribution >= 0.6 is 0 Å². The molecule has 0 atom stereocenters. The number of hydrogen-bond acceptors (Lipinski definition) is 4. The molecule has 1 fully saturated rings. The molecule has 2 N–H and O–H groups in total. The molecule has 0 saturated carbocycles. The SMILES string of the molecule is Cc1ccc2c(c1)C1(CCN(CCOc3ccc4c(c3)CCNC4)CC1)C(=O)N2. The van der Waals surface area contributed by atoms with E-state index in [1.807, 2.05) is 6.07 Å². The van der Waals surface area contributed by atoms with Crippen LogP contribution in [0.15, 0.2) is 36.4 Å². The fraction of sp³-hybridized carbons (Fsp3) is 0.458. The standard InChI is InChI=1S/C24H29N3O2/c1-17-2-5-22-21(14-17)24(23(28)26-22)7-10-27(11-8-24)12-13-29-20-4-3-19-16-25-9-6-18(19)15-20/h2-5,14-15,25H,6-13,16H2,1H3,(H,26,28). The van der Waals surface area contributed by atoms with Crippen molar-refractivity contribution in [1.29, 1.82) is 0 Å². The number of carbonyl (C=O) groups is 1. The van der Waals surface area contributed by atoms with Gasteiger partial charge in [0, 0.05) is 18.8 Å². The molecule has 1 amide bonds. The van der Waals surface area contributed by atoms with Gasteiger partial charge in [0.15, 0.2) is 0 Å². The lowest BCUT2D eigenvalue weighted by molar-refractivity contribution is -0.122. The number of amides is 1. The fourth-order valence-electron chi connectivity index (χ4n) is 5.02. The number of anilines is 1. The van der Waals surface area contributed by atoms with Crippen molar-refractivity contribution in [1.82, 2.24) is 10.2 Å². The van der Waals surface area contributed by atoms with Gasteiger partial charge >= 0.3 is 0 Å². The maximum atomic E-state index is 12.8. The number of aryl methyl sites for hydroxylation is 1. The number of piperidine rings is 1. The summed E-state index contributed by atoms with van der Waals surface area (Å²) < 4.78 is 6.04. The van der Waals surface area contributed by atoms with Gasteiger partial charge in [0.2, 0.25) is 5.91 Å². The van der Waals surface area contributed by atoms with Crippen molar-refractivity contribution in [2.45, 2.75) is 38.1 Å². The molecule has 0 unspecified atom stereocenters. The topological polar surface area (TPSA) is 53.6 Å². The van der Waals surface area contributed by atoms with Gasteiger partial charge in [0.1, 0.15) is 12.4 Å². The Hall–Kier alpha value is -2.37. The first-order valence-electron chi connectivity index (χ1n) is 10.7. The van der Waals surface area contributed by atoms with Crippen LogP contribution in [-0.4, -0.2) is 43.6 Å². The van der Waals surface area contributed by atoms with Gasteiger partial charge in [-0.05, 0) is 80.7 Å². The molecule has 0 bridgehead atoms. The van der Waals surface area contributed by atoms with Crippen LogP contribution in [0.1, 0.15) is 35.1 Å². The molecule has 3 aliphatic heterocycles. The van der Waals surface area contributed by atoms with E-state index in [-0.39, 0.29) is 11.3 Å². The predicted molar refractivity (Wildman–Crippen MR) is 115 cm³/mol. The van der Waals surface area contributed by atoms with Crippen LogP contribution in [0.2, 0.25) is 0 Å². The average Bonchev–Trinajstić information content (AvgIpc) is 3.00. The highest BCUT2D eigenvalue weighted by Crippen LogP contribution is 2.45. The van der Waals surface area contributed by atoms with Gasteiger partial charge in [-0.3, -0.25) is 9.69 Å². The molecule has 1 spiro atoms. The fourth-order valence-corrected chi connectivity index (χ4v) is 5.02. The van der Waals surface area contributed by atoms with Crippen LogP contribution in [0.4, 0.5) is 5.69 Å². The summed E-state index contributed by atoms with van der Waals surface area (Å²) in [6.07, 6.45) is 2.83. The van der Waals surface area contributed by atoms with E-state index in [9.17, 15) is 4.79 Å². The monoisotopic (exact) mass is 391 g/mol. The first-order valence-corrected chi connectivity index (χ1v) is 10.7. The van der Waals surface area contributed by atoms with Gasteiger partial charge in [-0.15, -0.1) is 0 Å². The minimum Gasteiger partial charge on any atom is -0.492 e. The van der Waals surface area contributed by atoms with E-state index in [0.717, 1.165) is 63.4 Å². The summed E-state index contributed by atoms with van der Waals surface area (Å²) in [5, 5.41) is 6.51. The van der Waals surface area contributed by atoms with Gasteiger partial charge in [-0.25, -0.2) is 0 Å². The van der Waals surface area contributed by atoms with Gasteiger partial charge in [-0.1, -0.05) is 23.8 Å². The number of fused-ring (bicyclic) bond motifs is 3. The lowest BCUT2D eigenvalue weighted by Gasteiger charge is -2.38. The number of rotatable bonds is 4. The van der Waals surface area contributed by atoms with Crippen molar-refractivity contribution >= 4 is 11.6 Å². The average molecular weight is 392 g/mol. The number of nitrogens with one attached hydrogen (secondary N) is 2. The van der Waals surface area contributed by atoms with Crippen molar-refractivity contribution in [3.63, 3.8) is 0 Å². The van der Waals surface area contributed by atoms with Gasteiger partial charge in [0.25, 0.3) is 0 Å². The molecule has 152 valence electrons. The summed E-state index contributed by atoms with van der Waals surface area (Å²) in [5.74, 6) is 1.15. The highest BCUT2D eigenvalue weighted by atomic mass is 16.5. The second kappa shape index (κ2) is 7.47. The van der Waals surface area contributed by atoms with Gasteiger partial charge in [0.05, 0.1) is 5.41 Å². The zero-order valence-corrected chi connectivity index (χ0v) is 17.1. The van der Waals surface area contributed by atoms with Gasteiger partial charge < -0.3 is 15.4 Å². The number of likely N-dealkylation sites (tertiary alicyclic amines) is 1. The van der Waals surface area contributed by atoms with Crippen molar-refractivity contribution < 1.29 is 9.53 Å². The molecule has 0 aliphatic carbocycles. The van der Waals surface area contributed by atoms with E-state index >= 15 is 0 Å². The summed E-state index contributed by atoms with van der Waals surface area (Å²) in [5.41, 5.74) is 5.86. The molecule has 3 aliphatic rings. The lowest BCUT2D eigenvalue weighted by atomic mass is 9.73. The van der Waals surface area contributed by atoms with Crippen LogP contribution in [-0.2, 0) is 23.2 Å². The number of hydrogen-bond donors (Lipinski definition) is 2.